The summed E-state index contributed by atoms with van der Waals surface area (Å²) in [6, 6.07) is 10.9. The molecular formula is C21H29N3O5+2. The second-order valence-electron chi connectivity index (χ2n) is 7.27. The average Bonchev–Trinajstić information content (AvgIpc) is 2.75. The van der Waals surface area contributed by atoms with Gasteiger partial charge in [0.1, 0.15) is 39.3 Å². The molecule has 0 spiro atoms. The molecule has 0 amide bonds. The van der Waals surface area contributed by atoms with Crippen LogP contribution in [0.3, 0.4) is 0 Å². The summed E-state index contributed by atoms with van der Waals surface area (Å²) in [6.07, 6.45) is 0. The molecule has 2 N–H and O–H groups in total. The summed E-state index contributed by atoms with van der Waals surface area (Å²) in [5.41, 5.74) is 2.39. The zero-order valence-corrected chi connectivity index (χ0v) is 17.2. The number of nitrogens with zero attached hydrogens (tertiary/aromatic N) is 1. The highest BCUT2D eigenvalue weighted by atomic mass is 16.6. The van der Waals surface area contributed by atoms with Crippen molar-refractivity contribution in [3.63, 3.8) is 0 Å². The number of hydrogen-bond acceptors (Lipinski definition) is 5. The minimum absolute atomic E-state index is 0.141. The Kier molecular flexibility index (Phi) is 6.90. The molecule has 0 aliphatic carbocycles. The molecule has 0 aromatic heterocycles. The van der Waals surface area contributed by atoms with E-state index in [9.17, 15) is 10.1 Å². The maximum Gasteiger partial charge on any atom is 0.269 e. The van der Waals surface area contributed by atoms with E-state index in [0.29, 0.717) is 11.5 Å². The van der Waals surface area contributed by atoms with E-state index in [1.54, 1.807) is 33.5 Å². The zero-order valence-electron chi connectivity index (χ0n) is 17.2. The standard InChI is InChI=1S/C21H27N3O5/c1-27-19-9-6-17(20(28-2)21(19)29-3)15-23-12-10-22(11-13-23)14-16-4-7-18(8-5-16)24(25)26/h4-9H,10-15H2,1-3H3/p+2. The first-order valence-corrected chi connectivity index (χ1v) is 9.74. The van der Waals surface area contributed by atoms with Gasteiger partial charge in [-0.25, -0.2) is 0 Å². The summed E-state index contributed by atoms with van der Waals surface area (Å²) < 4.78 is 16.5. The van der Waals surface area contributed by atoms with Gasteiger partial charge in [0.15, 0.2) is 11.5 Å². The topological polar surface area (TPSA) is 79.7 Å². The molecular weight excluding hydrogens is 374 g/mol. The number of nitrogens with one attached hydrogen (secondary N) is 2. The van der Waals surface area contributed by atoms with Gasteiger partial charge in [-0.05, 0) is 24.3 Å². The first kappa shape index (κ1) is 20.9. The third-order valence-corrected chi connectivity index (χ3v) is 5.49. The molecule has 2 aromatic rings. The molecule has 0 radical (unpaired) electrons. The van der Waals surface area contributed by atoms with Crippen molar-refractivity contribution < 1.29 is 28.9 Å². The van der Waals surface area contributed by atoms with Gasteiger partial charge in [-0.15, -0.1) is 0 Å². The first-order valence-electron chi connectivity index (χ1n) is 9.74. The van der Waals surface area contributed by atoms with Crippen LogP contribution >= 0.6 is 0 Å². The molecule has 0 saturated carbocycles. The van der Waals surface area contributed by atoms with E-state index in [2.05, 4.69) is 0 Å². The Bertz CT molecular complexity index is 833. The van der Waals surface area contributed by atoms with Gasteiger partial charge < -0.3 is 24.0 Å². The summed E-state index contributed by atoms with van der Waals surface area (Å²) >= 11 is 0. The van der Waals surface area contributed by atoms with Gasteiger partial charge in [0, 0.05) is 17.7 Å². The van der Waals surface area contributed by atoms with Crippen molar-refractivity contribution >= 4 is 5.69 Å². The number of hydrogen-bond donors (Lipinski definition) is 2. The van der Waals surface area contributed by atoms with Crippen molar-refractivity contribution in [1.82, 2.24) is 0 Å². The van der Waals surface area contributed by atoms with E-state index in [-0.39, 0.29) is 10.6 Å². The summed E-state index contributed by atoms with van der Waals surface area (Å²) in [6.45, 7) is 5.99. The van der Waals surface area contributed by atoms with E-state index in [0.717, 1.165) is 56.1 Å². The van der Waals surface area contributed by atoms with Gasteiger partial charge in [-0.1, -0.05) is 0 Å². The zero-order chi connectivity index (χ0) is 20.8. The maximum atomic E-state index is 10.8. The number of benzene rings is 2. The van der Waals surface area contributed by atoms with Gasteiger partial charge >= 0.3 is 0 Å². The summed E-state index contributed by atoms with van der Waals surface area (Å²) in [5.74, 6) is 2.04. The van der Waals surface area contributed by atoms with Crippen molar-refractivity contribution in [3.8, 4) is 17.2 Å². The van der Waals surface area contributed by atoms with E-state index < -0.39 is 0 Å². The van der Waals surface area contributed by atoms with E-state index in [1.165, 1.54) is 9.80 Å². The Morgan fingerprint density at radius 3 is 1.93 bits per heavy atom. The largest absolute Gasteiger partial charge is 0.493 e. The van der Waals surface area contributed by atoms with Crippen molar-refractivity contribution in [2.75, 3.05) is 47.5 Å². The van der Waals surface area contributed by atoms with Gasteiger partial charge in [0.2, 0.25) is 5.75 Å². The van der Waals surface area contributed by atoms with Crippen LogP contribution in [0.1, 0.15) is 11.1 Å². The fourth-order valence-electron chi connectivity index (χ4n) is 3.91. The molecule has 1 aliphatic rings. The quantitative estimate of drug-likeness (QED) is 0.483. The predicted molar refractivity (Wildman–Crippen MR) is 108 cm³/mol. The molecule has 29 heavy (non-hydrogen) atoms. The SMILES string of the molecule is COc1ccc(C[NH+]2CC[NH+](Cc3ccc([N+](=O)[O-])cc3)CC2)c(OC)c1OC. The summed E-state index contributed by atoms with van der Waals surface area (Å²) in [4.78, 5) is 13.4. The lowest BCUT2D eigenvalue weighted by molar-refractivity contribution is -1.02. The lowest BCUT2D eigenvalue weighted by Gasteiger charge is -2.30. The number of nitro groups is 1. The van der Waals surface area contributed by atoms with Gasteiger partial charge in [-0.2, -0.15) is 0 Å². The lowest BCUT2D eigenvalue weighted by atomic mass is 10.1. The summed E-state index contributed by atoms with van der Waals surface area (Å²) in [5, 5.41) is 10.8. The van der Waals surface area contributed by atoms with Crippen LogP contribution in [-0.4, -0.2) is 52.4 Å². The number of methoxy groups -OCH3 is 3. The Labute approximate surface area is 170 Å². The fourth-order valence-corrected chi connectivity index (χ4v) is 3.91. The van der Waals surface area contributed by atoms with Crippen molar-refractivity contribution in [2.24, 2.45) is 0 Å². The Morgan fingerprint density at radius 2 is 1.41 bits per heavy atom. The van der Waals surface area contributed by atoms with Crippen LogP contribution in [0, 0.1) is 10.1 Å². The van der Waals surface area contributed by atoms with Gasteiger partial charge in [0.25, 0.3) is 5.69 Å². The fraction of sp³-hybridized carbons (Fsp3) is 0.429. The highest BCUT2D eigenvalue weighted by Gasteiger charge is 2.26. The minimum Gasteiger partial charge on any atom is -0.493 e. The van der Waals surface area contributed by atoms with Crippen molar-refractivity contribution in [3.05, 3.63) is 57.6 Å². The Hall–Kier alpha value is -2.84. The number of nitro benzene ring substituents is 1. The number of non-ortho nitro benzene ring substituents is 1. The van der Waals surface area contributed by atoms with Gasteiger partial charge in [-0.3, -0.25) is 10.1 Å². The average molecular weight is 403 g/mol. The van der Waals surface area contributed by atoms with E-state index in [1.807, 2.05) is 24.3 Å². The highest BCUT2D eigenvalue weighted by Crippen LogP contribution is 2.39. The molecule has 8 nitrogen and oxygen atoms in total. The normalized spacial score (nSPS) is 18.9. The van der Waals surface area contributed by atoms with Crippen molar-refractivity contribution in [2.45, 2.75) is 13.1 Å². The van der Waals surface area contributed by atoms with E-state index in [4.69, 9.17) is 14.2 Å². The molecule has 0 atom stereocenters. The molecule has 0 bridgehead atoms. The molecule has 2 aromatic carbocycles. The van der Waals surface area contributed by atoms with E-state index >= 15 is 0 Å². The van der Waals surface area contributed by atoms with Crippen LogP contribution in [0.5, 0.6) is 17.2 Å². The lowest BCUT2D eigenvalue weighted by Crippen LogP contribution is -3.27. The van der Waals surface area contributed by atoms with Crippen LogP contribution in [0.4, 0.5) is 5.69 Å². The smallest absolute Gasteiger partial charge is 0.269 e. The minimum atomic E-state index is -0.360. The monoisotopic (exact) mass is 403 g/mol. The molecule has 3 rings (SSSR count). The van der Waals surface area contributed by atoms with Crippen LogP contribution < -0.4 is 24.0 Å². The van der Waals surface area contributed by atoms with Crippen LogP contribution in [0.2, 0.25) is 0 Å². The highest BCUT2D eigenvalue weighted by molar-refractivity contribution is 5.55. The van der Waals surface area contributed by atoms with Crippen LogP contribution in [0.15, 0.2) is 36.4 Å². The van der Waals surface area contributed by atoms with Crippen molar-refractivity contribution in [1.29, 1.82) is 0 Å². The Morgan fingerprint density at radius 1 is 0.828 bits per heavy atom. The Balaban J connectivity index is 1.58. The molecule has 1 heterocycles. The molecule has 1 saturated heterocycles. The molecule has 8 heteroatoms. The predicted octanol–water partition coefficient (Wildman–Crippen LogP) is 0.104. The number of rotatable bonds is 8. The molecule has 0 unspecified atom stereocenters. The molecule has 156 valence electrons. The molecule has 1 fully saturated rings. The van der Waals surface area contributed by atoms with Gasteiger partial charge in [0.05, 0.1) is 31.8 Å². The second kappa shape index (κ2) is 9.58. The van der Waals surface area contributed by atoms with Crippen LogP contribution in [0.25, 0.3) is 0 Å². The molecule has 1 aliphatic heterocycles. The third kappa shape index (κ3) is 4.96. The van der Waals surface area contributed by atoms with Crippen LogP contribution in [-0.2, 0) is 13.1 Å². The first-order chi connectivity index (χ1) is 14.0. The maximum absolute atomic E-state index is 10.8. The number of quaternary nitrogens is 2. The summed E-state index contributed by atoms with van der Waals surface area (Å²) in [7, 11) is 4.90. The second-order valence-corrected chi connectivity index (χ2v) is 7.27. The number of ether oxygens (including phenoxy) is 3. The number of piperazine rings is 1. The third-order valence-electron chi connectivity index (χ3n) is 5.49.